The van der Waals surface area contributed by atoms with Gasteiger partial charge in [0.05, 0.1) is 22.8 Å². The molecule has 3 heterocycles. The molecule has 24 heavy (non-hydrogen) atoms. The molecule has 2 aromatic heterocycles. The number of anilines is 1. The van der Waals surface area contributed by atoms with Gasteiger partial charge >= 0.3 is 0 Å². The van der Waals surface area contributed by atoms with Gasteiger partial charge in [-0.15, -0.1) is 0 Å². The number of nitrogens with one attached hydrogen (secondary N) is 1. The second-order valence-electron chi connectivity index (χ2n) is 5.36. The standard InChI is InChI=1S/C16H13ClN6O/c17-9-2-1-3-10(18)14(9)15-19-5-4-11(21-15)12-8-13-16(24)20-6-7-23(13)22-12/h1-5,8H,6-7,18H2,(H,20,24). The molecule has 0 unspecified atom stereocenters. The van der Waals surface area contributed by atoms with Crippen molar-refractivity contribution >= 4 is 23.2 Å². The van der Waals surface area contributed by atoms with E-state index >= 15 is 0 Å². The monoisotopic (exact) mass is 340 g/mol. The summed E-state index contributed by atoms with van der Waals surface area (Å²) in [6.45, 7) is 1.20. The van der Waals surface area contributed by atoms with Crippen molar-refractivity contribution in [1.82, 2.24) is 25.1 Å². The third-order valence-electron chi connectivity index (χ3n) is 3.81. The summed E-state index contributed by atoms with van der Waals surface area (Å²) in [5.41, 5.74) is 8.83. The maximum atomic E-state index is 11.9. The number of fused-ring (bicyclic) bond motifs is 1. The fraction of sp³-hybridized carbons (Fsp3) is 0.125. The quantitative estimate of drug-likeness (QED) is 0.695. The number of carbonyl (C=O) groups is 1. The van der Waals surface area contributed by atoms with E-state index in [1.165, 1.54) is 0 Å². The van der Waals surface area contributed by atoms with Crippen LogP contribution in [-0.2, 0) is 6.54 Å². The second kappa shape index (κ2) is 5.61. The zero-order chi connectivity index (χ0) is 16.7. The third kappa shape index (κ3) is 2.39. The van der Waals surface area contributed by atoms with E-state index in [9.17, 15) is 4.79 Å². The molecule has 8 heteroatoms. The lowest BCUT2D eigenvalue weighted by Gasteiger charge is -2.13. The van der Waals surface area contributed by atoms with Crippen LogP contribution in [-0.4, -0.2) is 32.2 Å². The Balaban J connectivity index is 1.80. The number of halogens is 1. The highest BCUT2D eigenvalue weighted by atomic mass is 35.5. The highest BCUT2D eigenvalue weighted by Crippen LogP contribution is 2.31. The van der Waals surface area contributed by atoms with Crippen LogP contribution < -0.4 is 11.1 Å². The molecule has 0 saturated heterocycles. The van der Waals surface area contributed by atoms with E-state index in [0.717, 1.165) is 0 Å². The van der Waals surface area contributed by atoms with Gasteiger partial charge in [-0.25, -0.2) is 9.97 Å². The minimum atomic E-state index is -0.135. The Morgan fingerprint density at radius 2 is 2.12 bits per heavy atom. The lowest BCUT2D eigenvalue weighted by atomic mass is 10.1. The van der Waals surface area contributed by atoms with Gasteiger partial charge in [-0.3, -0.25) is 9.48 Å². The first-order valence-corrected chi connectivity index (χ1v) is 7.75. The summed E-state index contributed by atoms with van der Waals surface area (Å²) in [5, 5.41) is 7.72. The summed E-state index contributed by atoms with van der Waals surface area (Å²) in [4.78, 5) is 20.7. The first-order valence-electron chi connectivity index (χ1n) is 7.37. The molecule has 0 aliphatic carbocycles. The fourth-order valence-corrected chi connectivity index (χ4v) is 2.93. The molecule has 1 aromatic carbocycles. The van der Waals surface area contributed by atoms with E-state index < -0.39 is 0 Å². The summed E-state index contributed by atoms with van der Waals surface area (Å²) in [6, 6.07) is 8.71. The fourth-order valence-electron chi connectivity index (χ4n) is 2.66. The predicted molar refractivity (Wildman–Crippen MR) is 90.4 cm³/mol. The molecule has 0 atom stereocenters. The Bertz CT molecular complexity index is 931. The average Bonchev–Trinajstić information content (AvgIpc) is 3.01. The van der Waals surface area contributed by atoms with Crippen LogP contribution in [0.15, 0.2) is 36.5 Å². The summed E-state index contributed by atoms with van der Waals surface area (Å²) in [6.07, 6.45) is 1.62. The van der Waals surface area contributed by atoms with E-state index in [1.807, 2.05) is 0 Å². The first kappa shape index (κ1) is 14.6. The van der Waals surface area contributed by atoms with E-state index in [4.69, 9.17) is 17.3 Å². The predicted octanol–water partition coefficient (Wildman–Crippen LogP) is 1.99. The number of amides is 1. The van der Waals surface area contributed by atoms with Crippen LogP contribution in [0.2, 0.25) is 5.02 Å². The molecule has 0 radical (unpaired) electrons. The van der Waals surface area contributed by atoms with Crippen LogP contribution in [0.3, 0.4) is 0 Å². The summed E-state index contributed by atoms with van der Waals surface area (Å²) < 4.78 is 1.68. The topological polar surface area (TPSA) is 98.7 Å². The molecule has 0 bridgehead atoms. The average molecular weight is 341 g/mol. The minimum absolute atomic E-state index is 0.135. The molecule has 120 valence electrons. The van der Waals surface area contributed by atoms with Crippen molar-refractivity contribution in [3.05, 3.63) is 47.2 Å². The van der Waals surface area contributed by atoms with E-state index in [2.05, 4.69) is 20.4 Å². The Hall–Kier alpha value is -2.93. The molecule has 1 aliphatic heterocycles. The van der Waals surface area contributed by atoms with Gasteiger partial charge in [-0.1, -0.05) is 17.7 Å². The van der Waals surface area contributed by atoms with Gasteiger partial charge in [0.25, 0.3) is 5.91 Å². The molecule has 0 spiro atoms. The van der Waals surface area contributed by atoms with Crippen molar-refractivity contribution < 1.29 is 4.79 Å². The van der Waals surface area contributed by atoms with Crippen molar-refractivity contribution in [3.63, 3.8) is 0 Å². The molecule has 3 aromatic rings. The number of carbonyl (C=O) groups excluding carboxylic acids is 1. The lowest BCUT2D eigenvalue weighted by molar-refractivity contribution is 0.0924. The molecule has 1 amide bonds. The van der Waals surface area contributed by atoms with Crippen LogP contribution >= 0.6 is 11.6 Å². The van der Waals surface area contributed by atoms with Crippen LogP contribution in [0.1, 0.15) is 10.5 Å². The Morgan fingerprint density at radius 1 is 1.25 bits per heavy atom. The van der Waals surface area contributed by atoms with Crippen molar-refractivity contribution in [2.45, 2.75) is 6.54 Å². The number of benzene rings is 1. The number of hydrogen-bond donors (Lipinski definition) is 2. The van der Waals surface area contributed by atoms with Crippen molar-refractivity contribution in [1.29, 1.82) is 0 Å². The van der Waals surface area contributed by atoms with Crippen LogP contribution in [0.4, 0.5) is 5.69 Å². The molecule has 3 N–H and O–H groups in total. The van der Waals surface area contributed by atoms with E-state index in [-0.39, 0.29) is 5.91 Å². The second-order valence-corrected chi connectivity index (χ2v) is 5.77. The first-order chi connectivity index (χ1) is 11.6. The molecule has 4 rings (SSSR count). The number of rotatable bonds is 2. The molecule has 1 aliphatic rings. The highest BCUT2D eigenvalue weighted by molar-refractivity contribution is 6.33. The molecular formula is C16H13ClN6O. The van der Waals surface area contributed by atoms with Crippen LogP contribution in [0.5, 0.6) is 0 Å². The number of nitrogens with zero attached hydrogens (tertiary/aromatic N) is 4. The van der Waals surface area contributed by atoms with Crippen molar-refractivity contribution in [2.24, 2.45) is 0 Å². The minimum Gasteiger partial charge on any atom is -0.398 e. The van der Waals surface area contributed by atoms with Crippen LogP contribution in [0, 0.1) is 0 Å². The van der Waals surface area contributed by atoms with Gasteiger partial charge in [-0.05, 0) is 24.3 Å². The smallest absolute Gasteiger partial charge is 0.269 e. The van der Waals surface area contributed by atoms with Gasteiger partial charge < -0.3 is 11.1 Å². The van der Waals surface area contributed by atoms with Crippen molar-refractivity contribution in [3.8, 4) is 22.8 Å². The van der Waals surface area contributed by atoms with Gasteiger partial charge in [0.2, 0.25) is 0 Å². The van der Waals surface area contributed by atoms with E-state index in [0.29, 0.717) is 52.3 Å². The Labute approximate surface area is 142 Å². The largest absolute Gasteiger partial charge is 0.398 e. The maximum Gasteiger partial charge on any atom is 0.269 e. The number of aromatic nitrogens is 4. The van der Waals surface area contributed by atoms with E-state index in [1.54, 1.807) is 41.2 Å². The van der Waals surface area contributed by atoms with Gasteiger partial charge in [0.15, 0.2) is 5.82 Å². The number of nitrogen functional groups attached to an aromatic ring is 1. The van der Waals surface area contributed by atoms with Gasteiger partial charge in [0, 0.05) is 18.4 Å². The summed E-state index contributed by atoms with van der Waals surface area (Å²) in [5.74, 6) is 0.288. The zero-order valence-corrected chi connectivity index (χ0v) is 13.3. The SMILES string of the molecule is Nc1cccc(Cl)c1-c1nccc(-c2cc3n(n2)CCNC3=O)n1. The third-order valence-corrected chi connectivity index (χ3v) is 4.12. The highest BCUT2D eigenvalue weighted by Gasteiger charge is 2.21. The van der Waals surface area contributed by atoms with Gasteiger partial charge in [-0.2, -0.15) is 5.10 Å². The molecule has 0 fully saturated rings. The maximum absolute atomic E-state index is 11.9. The molecule has 7 nitrogen and oxygen atoms in total. The number of nitrogens with two attached hydrogens (primary N) is 1. The zero-order valence-electron chi connectivity index (χ0n) is 12.5. The number of hydrogen-bond acceptors (Lipinski definition) is 5. The summed E-state index contributed by atoms with van der Waals surface area (Å²) in [7, 11) is 0. The molecule has 0 saturated carbocycles. The van der Waals surface area contributed by atoms with Crippen LogP contribution in [0.25, 0.3) is 22.8 Å². The Morgan fingerprint density at radius 3 is 2.92 bits per heavy atom. The van der Waals surface area contributed by atoms with Gasteiger partial charge in [0.1, 0.15) is 11.4 Å². The normalized spacial score (nSPS) is 13.5. The Kier molecular flexibility index (Phi) is 3.42. The molecular weight excluding hydrogens is 328 g/mol. The summed E-state index contributed by atoms with van der Waals surface area (Å²) >= 11 is 6.23. The lowest BCUT2D eigenvalue weighted by Crippen LogP contribution is -2.35. The van der Waals surface area contributed by atoms with Crippen molar-refractivity contribution in [2.75, 3.05) is 12.3 Å².